The summed E-state index contributed by atoms with van der Waals surface area (Å²) in [7, 11) is 0. The fourth-order valence-electron chi connectivity index (χ4n) is 0.950. The van der Waals surface area contributed by atoms with Gasteiger partial charge in [-0.25, -0.2) is 0 Å². The van der Waals surface area contributed by atoms with Gasteiger partial charge >= 0.3 is 6.18 Å². The van der Waals surface area contributed by atoms with E-state index >= 15 is 0 Å². The van der Waals surface area contributed by atoms with Crippen LogP contribution in [0.25, 0.3) is 6.08 Å². The number of nitrogens with two attached hydrogens (primary N) is 1. The minimum absolute atomic E-state index is 0.00685. The maximum Gasteiger partial charge on any atom is 0.426 e. The van der Waals surface area contributed by atoms with Crippen molar-refractivity contribution in [3.8, 4) is 0 Å². The summed E-state index contributed by atoms with van der Waals surface area (Å²) in [6.45, 7) is 0. The molecule has 0 amide bonds. The standard InChI is InChI=1S/C9H5Cl3F3N/c10-6-1-4(16)2-7(11)5(6)3-8(12)9(13,14)15/h1-3H,16H2/b8-3+. The molecule has 16 heavy (non-hydrogen) atoms. The topological polar surface area (TPSA) is 26.0 Å². The number of rotatable bonds is 1. The number of anilines is 1. The molecular formula is C9H5Cl3F3N. The zero-order valence-corrected chi connectivity index (χ0v) is 9.84. The number of hydrogen-bond donors (Lipinski definition) is 1. The van der Waals surface area contributed by atoms with E-state index in [1.54, 1.807) is 0 Å². The molecule has 1 rings (SSSR count). The minimum atomic E-state index is -4.63. The van der Waals surface area contributed by atoms with Crippen molar-refractivity contribution in [2.45, 2.75) is 6.18 Å². The van der Waals surface area contributed by atoms with Crippen molar-refractivity contribution >= 4 is 46.6 Å². The lowest BCUT2D eigenvalue weighted by Crippen LogP contribution is -2.06. The summed E-state index contributed by atoms with van der Waals surface area (Å²) >= 11 is 16.5. The molecule has 7 heteroatoms. The molecule has 0 heterocycles. The highest BCUT2D eigenvalue weighted by molar-refractivity contribution is 6.39. The average molecular weight is 290 g/mol. The first kappa shape index (κ1) is 13.5. The quantitative estimate of drug-likeness (QED) is 0.744. The maximum absolute atomic E-state index is 12.2. The molecule has 0 fully saturated rings. The molecule has 0 aliphatic heterocycles. The molecule has 1 nitrogen and oxygen atoms in total. The lowest BCUT2D eigenvalue weighted by atomic mass is 10.2. The summed E-state index contributed by atoms with van der Waals surface area (Å²) in [6.07, 6.45) is -3.97. The third-order valence-corrected chi connectivity index (χ3v) is 2.59. The number of benzene rings is 1. The Morgan fingerprint density at radius 2 is 1.62 bits per heavy atom. The summed E-state index contributed by atoms with van der Waals surface area (Å²) in [4.78, 5) is 0. The van der Waals surface area contributed by atoms with E-state index in [0.29, 0.717) is 6.08 Å². The molecule has 88 valence electrons. The zero-order valence-electron chi connectivity index (χ0n) is 7.58. The summed E-state index contributed by atoms with van der Waals surface area (Å²) in [6, 6.07) is 2.58. The number of alkyl halides is 3. The molecule has 0 saturated carbocycles. The van der Waals surface area contributed by atoms with Gasteiger partial charge in [-0.05, 0) is 18.2 Å². The van der Waals surface area contributed by atoms with Crippen LogP contribution in [0.15, 0.2) is 17.2 Å². The summed E-state index contributed by atoms with van der Waals surface area (Å²) in [5, 5.41) is -1.29. The van der Waals surface area contributed by atoms with Gasteiger partial charge in [0.15, 0.2) is 0 Å². The van der Waals surface area contributed by atoms with Crippen molar-refractivity contribution in [3.63, 3.8) is 0 Å². The van der Waals surface area contributed by atoms with Gasteiger partial charge in [0.1, 0.15) is 5.03 Å². The molecule has 1 aromatic carbocycles. The second-order valence-electron chi connectivity index (χ2n) is 2.89. The zero-order chi connectivity index (χ0) is 12.5. The molecule has 0 bridgehead atoms. The number of nitrogen functional groups attached to an aromatic ring is 1. The highest BCUT2D eigenvalue weighted by Gasteiger charge is 2.32. The SMILES string of the molecule is Nc1cc(Cl)c(/C=C(/Cl)C(F)(F)F)c(Cl)c1. The van der Waals surface area contributed by atoms with Gasteiger partial charge in [0, 0.05) is 11.3 Å². The Kier molecular flexibility index (Phi) is 3.99. The third-order valence-electron chi connectivity index (χ3n) is 1.64. The van der Waals surface area contributed by atoms with Crippen LogP contribution in [0.4, 0.5) is 18.9 Å². The van der Waals surface area contributed by atoms with Gasteiger partial charge in [0.2, 0.25) is 0 Å². The van der Waals surface area contributed by atoms with E-state index in [1.165, 1.54) is 12.1 Å². The maximum atomic E-state index is 12.2. The van der Waals surface area contributed by atoms with Crippen LogP contribution in [0.1, 0.15) is 5.56 Å². The van der Waals surface area contributed by atoms with Crippen molar-refractivity contribution in [1.82, 2.24) is 0 Å². The van der Waals surface area contributed by atoms with Crippen LogP contribution in [0.3, 0.4) is 0 Å². The van der Waals surface area contributed by atoms with Crippen molar-refractivity contribution in [2.24, 2.45) is 0 Å². The minimum Gasteiger partial charge on any atom is -0.399 e. The first-order valence-electron chi connectivity index (χ1n) is 3.90. The van der Waals surface area contributed by atoms with Crippen LogP contribution in [0.5, 0.6) is 0 Å². The van der Waals surface area contributed by atoms with E-state index in [2.05, 4.69) is 0 Å². The van der Waals surface area contributed by atoms with Crippen LogP contribution < -0.4 is 5.73 Å². The number of allylic oxidation sites excluding steroid dienone is 1. The Labute approximate surface area is 105 Å². The van der Waals surface area contributed by atoms with Crippen LogP contribution >= 0.6 is 34.8 Å². The normalized spacial score (nSPS) is 13.0. The predicted octanol–water partition coefficient (Wildman–Crippen LogP) is 4.72. The van der Waals surface area contributed by atoms with E-state index < -0.39 is 11.2 Å². The molecule has 0 radical (unpaired) electrons. The van der Waals surface area contributed by atoms with Crippen molar-refractivity contribution in [1.29, 1.82) is 0 Å². The second-order valence-corrected chi connectivity index (χ2v) is 4.11. The highest BCUT2D eigenvalue weighted by atomic mass is 35.5. The van der Waals surface area contributed by atoms with E-state index in [9.17, 15) is 13.2 Å². The molecule has 0 aliphatic rings. The lowest BCUT2D eigenvalue weighted by molar-refractivity contribution is -0.0836. The molecule has 0 spiro atoms. The third kappa shape index (κ3) is 3.20. The monoisotopic (exact) mass is 289 g/mol. The Morgan fingerprint density at radius 3 is 2.00 bits per heavy atom. The molecule has 0 aliphatic carbocycles. The van der Waals surface area contributed by atoms with Crippen LogP contribution in [-0.4, -0.2) is 6.18 Å². The fraction of sp³-hybridized carbons (Fsp3) is 0.111. The Morgan fingerprint density at radius 1 is 1.19 bits per heavy atom. The number of halogens is 6. The van der Waals surface area contributed by atoms with Gasteiger partial charge in [-0.15, -0.1) is 0 Å². The first-order valence-corrected chi connectivity index (χ1v) is 5.04. The average Bonchev–Trinajstić information content (AvgIpc) is 2.08. The molecule has 2 N–H and O–H groups in total. The van der Waals surface area contributed by atoms with E-state index in [0.717, 1.165) is 0 Å². The van der Waals surface area contributed by atoms with Gasteiger partial charge in [-0.3, -0.25) is 0 Å². The van der Waals surface area contributed by atoms with Crippen LogP contribution in [0.2, 0.25) is 10.0 Å². The van der Waals surface area contributed by atoms with Gasteiger partial charge < -0.3 is 5.73 Å². The summed E-state index contributed by atoms with van der Waals surface area (Å²) in [5.41, 5.74) is 5.65. The van der Waals surface area contributed by atoms with Gasteiger partial charge in [0.05, 0.1) is 10.0 Å². The Hall–Kier alpha value is -0.580. The first-order chi connectivity index (χ1) is 7.21. The molecule has 0 saturated heterocycles. The molecule has 0 atom stereocenters. The van der Waals surface area contributed by atoms with Crippen molar-refractivity contribution in [3.05, 3.63) is 32.8 Å². The second kappa shape index (κ2) is 4.73. The Bertz CT molecular complexity index is 417. The molecular weight excluding hydrogens is 285 g/mol. The molecule has 1 aromatic rings. The summed E-state index contributed by atoms with van der Waals surface area (Å²) < 4.78 is 36.5. The Balaban J connectivity index is 3.26. The van der Waals surface area contributed by atoms with Crippen LogP contribution in [-0.2, 0) is 0 Å². The summed E-state index contributed by atoms with van der Waals surface area (Å²) in [5.74, 6) is 0. The smallest absolute Gasteiger partial charge is 0.399 e. The predicted molar refractivity (Wildman–Crippen MR) is 60.8 cm³/mol. The van der Waals surface area contributed by atoms with Gasteiger partial charge in [-0.1, -0.05) is 34.8 Å². The van der Waals surface area contributed by atoms with Crippen molar-refractivity contribution in [2.75, 3.05) is 5.73 Å². The van der Waals surface area contributed by atoms with E-state index in [4.69, 9.17) is 40.5 Å². The van der Waals surface area contributed by atoms with Crippen molar-refractivity contribution < 1.29 is 13.2 Å². The van der Waals surface area contributed by atoms with E-state index in [1.807, 2.05) is 0 Å². The lowest BCUT2D eigenvalue weighted by Gasteiger charge is -2.07. The van der Waals surface area contributed by atoms with E-state index in [-0.39, 0.29) is 21.3 Å². The van der Waals surface area contributed by atoms with Crippen LogP contribution in [0, 0.1) is 0 Å². The van der Waals surface area contributed by atoms with Gasteiger partial charge in [0.25, 0.3) is 0 Å². The van der Waals surface area contributed by atoms with Gasteiger partial charge in [-0.2, -0.15) is 13.2 Å². The molecule has 0 unspecified atom stereocenters. The molecule has 0 aromatic heterocycles. The fourth-order valence-corrected chi connectivity index (χ4v) is 1.67. The largest absolute Gasteiger partial charge is 0.426 e. The number of hydrogen-bond acceptors (Lipinski definition) is 1. The highest BCUT2D eigenvalue weighted by Crippen LogP contribution is 2.35.